The second kappa shape index (κ2) is 9.68. The maximum atomic E-state index is 6.40. The molecule has 1 aliphatic heterocycles. The molecule has 0 saturated carbocycles. The molecule has 3 aromatic carbocycles. The average Bonchev–Trinajstić information content (AvgIpc) is 3.56. The van der Waals surface area contributed by atoms with Crippen LogP contribution in [-0.4, -0.2) is 28.7 Å². The van der Waals surface area contributed by atoms with E-state index in [4.69, 9.17) is 25.5 Å². The maximum Gasteiger partial charge on any atom is 0.300 e. The fourth-order valence-electron chi connectivity index (χ4n) is 4.50. The first-order chi connectivity index (χ1) is 17.6. The number of hydrogen-bond acceptors (Lipinski definition) is 7. The Balaban J connectivity index is 1.20. The number of nitrogens with zero attached hydrogens (tertiary/aromatic N) is 2. The molecule has 2 N–H and O–H groups in total. The molecule has 36 heavy (non-hydrogen) atoms. The number of ether oxygens (including phenoxy) is 2. The van der Waals surface area contributed by atoms with Gasteiger partial charge in [-0.05, 0) is 68.8 Å². The van der Waals surface area contributed by atoms with E-state index in [0.29, 0.717) is 39.7 Å². The van der Waals surface area contributed by atoms with Crippen LogP contribution in [0.3, 0.4) is 0 Å². The van der Waals surface area contributed by atoms with Crippen LogP contribution in [-0.2, 0) is 0 Å². The van der Waals surface area contributed by atoms with E-state index >= 15 is 0 Å². The summed E-state index contributed by atoms with van der Waals surface area (Å²) in [6, 6.07) is 21.5. The monoisotopic (exact) mass is 500 g/mol. The van der Waals surface area contributed by atoms with Gasteiger partial charge < -0.3 is 24.5 Å². The SMILES string of the molecule is CC(Oc1cc(Nc2nc3cc(Oc4ccnc5ccccc45)ccc3o2)ccc1Cl)C1CCCN1. The first kappa shape index (κ1) is 22.6. The topological polar surface area (TPSA) is 81.4 Å². The normalized spacial score (nSPS) is 16.3. The summed E-state index contributed by atoms with van der Waals surface area (Å²) in [7, 11) is 0. The van der Waals surface area contributed by atoms with Gasteiger partial charge >= 0.3 is 0 Å². The lowest BCUT2D eigenvalue weighted by Crippen LogP contribution is -2.36. The van der Waals surface area contributed by atoms with E-state index in [2.05, 4.69) is 27.5 Å². The number of rotatable bonds is 7. The Kier molecular flexibility index (Phi) is 6.09. The van der Waals surface area contributed by atoms with Gasteiger partial charge in [0.1, 0.15) is 28.9 Å². The van der Waals surface area contributed by atoms with Gasteiger partial charge in [-0.25, -0.2) is 0 Å². The van der Waals surface area contributed by atoms with E-state index in [0.717, 1.165) is 41.7 Å². The minimum atomic E-state index is 0.0144. The quantitative estimate of drug-likeness (QED) is 0.247. The highest BCUT2D eigenvalue weighted by Crippen LogP contribution is 2.34. The van der Waals surface area contributed by atoms with E-state index in [9.17, 15) is 0 Å². The summed E-state index contributed by atoms with van der Waals surface area (Å²) in [5.41, 5.74) is 2.98. The molecule has 7 nitrogen and oxygen atoms in total. The number of anilines is 2. The lowest BCUT2D eigenvalue weighted by molar-refractivity contribution is 0.180. The minimum Gasteiger partial charge on any atom is -0.487 e. The third-order valence-electron chi connectivity index (χ3n) is 6.36. The zero-order valence-electron chi connectivity index (χ0n) is 19.7. The van der Waals surface area contributed by atoms with Gasteiger partial charge in [0, 0.05) is 35.4 Å². The molecule has 0 amide bonds. The van der Waals surface area contributed by atoms with Crippen LogP contribution in [0, 0.1) is 0 Å². The molecule has 1 saturated heterocycles. The van der Waals surface area contributed by atoms with Crippen molar-refractivity contribution < 1.29 is 13.9 Å². The summed E-state index contributed by atoms with van der Waals surface area (Å²) in [4.78, 5) is 8.98. The molecular weight excluding hydrogens is 476 g/mol. The molecule has 1 fully saturated rings. The highest BCUT2D eigenvalue weighted by molar-refractivity contribution is 6.32. The van der Waals surface area contributed by atoms with Gasteiger partial charge in [-0.1, -0.05) is 23.7 Å². The molecular formula is C28H25ClN4O3. The molecule has 3 heterocycles. The van der Waals surface area contributed by atoms with Crippen molar-refractivity contribution >= 4 is 45.3 Å². The number of pyridine rings is 1. The second-order valence-electron chi connectivity index (χ2n) is 8.87. The van der Waals surface area contributed by atoms with Gasteiger partial charge in [-0.3, -0.25) is 4.98 Å². The van der Waals surface area contributed by atoms with Crippen LogP contribution in [0.5, 0.6) is 17.2 Å². The van der Waals surface area contributed by atoms with Crippen LogP contribution in [0.4, 0.5) is 11.7 Å². The molecule has 2 unspecified atom stereocenters. The minimum absolute atomic E-state index is 0.0144. The van der Waals surface area contributed by atoms with Crippen LogP contribution in [0.1, 0.15) is 19.8 Å². The third-order valence-corrected chi connectivity index (χ3v) is 6.67. The number of para-hydroxylation sites is 1. The molecule has 8 heteroatoms. The zero-order chi connectivity index (χ0) is 24.5. The predicted molar refractivity (Wildman–Crippen MR) is 142 cm³/mol. The number of halogens is 1. The van der Waals surface area contributed by atoms with Crippen molar-refractivity contribution in [2.75, 3.05) is 11.9 Å². The molecule has 2 aromatic heterocycles. The van der Waals surface area contributed by atoms with Crippen molar-refractivity contribution in [2.24, 2.45) is 0 Å². The van der Waals surface area contributed by atoms with Gasteiger partial charge in [-0.2, -0.15) is 4.98 Å². The molecule has 5 aromatic rings. The molecule has 0 spiro atoms. The summed E-state index contributed by atoms with van der Waals surface area (Å²) in [6.07, 6.45) is 4.02. The van der Waals surface area contributed by atoms with E-state index in [1.165, 1.54) is 0 Å². The predicted octanol–water partition coefficient (Wildman–Crippen LogP) is 7.08. The Hall–Kier alpha value is -3.81. The van der Waals surface area contributed by atoms with Crippen molar-refractivity contribution in [2.45, 2.75) is 31.9 Å². The van der Waals surface area contributed by atoms with Gasteiger partial charge in [0.15, 0.2) is 5.58 Å². The smallest absolute Gasteiger partial charge is 0.300 e. The van der Waals surface area contributed by atoms with Crippen LogP contribution in [0.15, 0.2) is 77.3 Å². The fraction of sp³-hybridized carbons (Fsp3) is 0.214. The van der Waals surface area contributed by atoms with Crippen molar-refractivity contribution in [1.82, 2.24) is 15.3 Å². The Labute approximate surface area is 213 Å². The highest BCUT2D eigenvalue weighted by Gasteiger charge is 2.23. The number of fused-ring (bicyclic) bond motifs is 2. The molecule has 0 bridgehead atoms. The summed E-state index contributed by atoms with van der Waals surface area (Å²) in [6.45, 7) is 3.09. The Morgan fingerprint density at radius 2 is 1.97 bits per heavy atom. The molecule has 2 atom stereocenters. The van der Waals surface area contributed by atoms with E-state index in [1.54, 1.807) is 6.20 Å². The Bertz CT molecular complexity index is 1530. The van der Waals surface area contributed by atoms with Crippen LogP contribution >= 0.6 is 11.6 Å². The third kappa shape index (κ3) is 4.67. The average molecular weight is 501 g/mol. The number of aromatic nitrogens is 2. The Morgan fingerprint density at radius 3 is 2.86 bits per heavy atom. The Morgan fingerprint density at radius 1 is 1.06 bits per heavy atom. The second-order valence-corrected chi connectivity index (χ2v) is 9.28. The van der Waals surface area contributed by atoms with Crippen molar-refractivity contribution in [1.29, 1.82) is 0 Å². The van der Waals surface area contributed by atoms with Crippen molar-refractivity contribution in [3.8, 4) is 17.2 Å². The summed E-state index contributed by atoms with van der Waals surface area (Å²) in [5.74, 6) is 2.02. The molecule has 6 rings (SSSR count). The molecule has 182 valence electrons. The van der Waals surface area contributed by atoms with Gasteiger partial charge in [0.05, 0.1) is 10.5 Å². The maximum absolute atomic E-state index is 6.40. The first-order valence-electron chi connectivity index (χ1n) is 12.0. The van der Waals surface area contributed by atoms with Gasteiger partial charge in [-0.15, -0.1) is 0 Å². The van der Waals surface area contributed by atoms with Gasteiger partial charge in [0.25, 0.3) is 6.01 Å². The van der Waals surface area contributed by atoms with Crippen LogP contribution in [0.2, 0.25) is 5.02 Å². The van der Waals surface area contributed by atoms with Crippen molar-refractivity contribution in [3.05, 3.63) is 77.9 Å². The number of nitrogens with one attached hydrogen (secondary N) is 2. The van der Waals surface area contributed by atoms with Gasteiger partial charge in [0.2, 0.25) is 0 Å². The van der Waals surface area contributed by atoms with Crippen molar-refractivity contribution in [3.63, 3.8) is 0 Å². The standard InChI is InChI=1S/C28H25ClN4O3/c1-17(22-7-4-13-30-22)34-27-15-18(8-10-21(27)29)32-28-33-24-16-19(9-11-26(24)36-28)35-25-12-14-31-23-6-3-2-5-20(23)25/h2-3,5-6,8-12,14-17,22,30H,4,7,13H2,1H3,(H,32,33). The number of benzene rings is 3. The lowest BCUT2D eigenvalue weighted by atomic mass is 10.1. The number of hydrogen-bond donors (Lipinski definition) is 2. The van der Waals surface area contributed by atoms with E-state index < -0.39 is 0 Å². The summed E-state index contributed by atoms with van der Waals surface area (Å²) in [5, 5.41) is 8.20. The van der Waals surface area contributed by atoms with Crippen LogP contribution in [0.25, 0.3) is 22.0 Å². The van der Waals surface area contributed by atoms with E-state index in [-0.39, 0.29) is 6.10 Å². The largest absolute Gasteiger partial charge is 0.487 e. The number of oxazole rings is 1. The highest BCUT2D eigenvalue weighted by atomic mass is 35.5. The lowest BCUT2D eigenvalue weighted by Gasteiger charge is -2.22. The van der Waals surface area contributed by atoms with Crippen LogP contribution < -0.4 is 20.1 Å². The van der Waals surface area contributed by atoms with E-state index in [1.807, 2.05) is 66.7 Å². The molecule has 1 aliphatic rings. The first-order valence-corrected chi connectivity index (χ1v) is 12.4. The molecule has 0 radical (unpaired) electrons. The molecule has 0 aliphatic carbocycles. The summed E-state index contributed by atoms with van der Waals surface area (Å²) < 4.78 is 18.2. The summed E-state index contributed by atoms with van der Waals surface area (Å²) >= 11 is 6.40. The zero-order valence-corrected chi connectivity index (χ0v) is 20.5. The fourth-order valence-corrected chi connectivity index (χ4v) is 4.66.